The first-order valence-corrected chi connectivity index (χ1v) is 6.22. The minimum Gasteiger partial charge on any atom is -0.232 e. The number of hydrogen-bond donors (Lipinski definition) is 0. The molecule has 2 aromatic carbocycles. The number of aromatic nitrogens is 2. The molecule has 1 aromatic heterocycles. The summed E-state index contributed by atoms with van der Waals surface area (Å²) in [5.74, 6) is 0. The highest BCUT2D eigenvalue weighted by Gasteiger charge is 2.09. The molecule has 18 heavy (non-hydrogen) atoms. The Labute approximate surface area is 112 Å². The normalized spacial score (nSPS) is 10.4. The van der Waals surface area contributed by atoms with Gasteiger partial charge in [-0.3, -0.25) is 0 Å². The van der Waals surface area contributed by atoms with Crippen LogP contribution in [0.25, 0.3) is 16.6 Å². The van der Waals surface area contributed by atoms with Crippen molar-refractivity contribution >= 4 is 26.8 Å². The molecule has 0 saturated carbocycles. The van der Waals surface area contributed by atoms with E-state index < -0.39 is 0 Å². The highest BCUT2D eigenvalue weighted by Crippen LogP contribution is 2.23. The van der Waals surface area contributed by atoms with Gasteiger partial charge >= 0.3 is 0 Å². The molecule has 0 atom stereocenters. The first-order chi connectivity index (χ1) is 8.79. The summed E-state index contributed by atoms with van der Waals surface area (Å²) in [5.41, 5.74) is 2.38. The van der Waals surface area contributed by atoms with E-state index in [2.05, 4.69) is 27.1 Å². The Kier molecular flexibility index (Phi) is 2.62. The highest BCUT2D eigenvalue weighted by molar-refractivity contribution is 9.10. The molecule has 0 unspecified atom stereocenters. The van der Waals surface area contributed by atoms with Gasteiger partial charge in [-0.05, 0) is 24.3 Å². The number of para-hydroxylation sites is 1. The Balaban J connectivity index is 2.33. The largest absolute Gasteiger partial charge is 0.232 e. The van der Waals surface area contributed by atoms with Gasteiger partial charge in [0.2, 0.25) is 0 Å². The predicted octanol–water partition coefficient (Wildman–Crippen LogP) is 3.66. The second kappa shape index (κ2) is 4.28. The van der Waals surface area contributed by atoms with Crippen LogP contribution in [-0.4, -0.2) is 9.78 Å². The zero-order valence-corrected chi connectivity index (χ0v) is 10.9. The van der Waals surface area contributed by atoms with E-state index in [4.69, 9.17) is 0 Å². The van der Waals surface area contributed by atoms with Crippen LogP contribution in [0.4, 0.5) is 0 Å². The smallest absolute Gasteiger partial charge is 0.101 e. The first-order valence-electron chi connectivity index (χ1n) is 5.42. The van der Waals surface area contributed by atoms with Crippen LogP contribution in [-0.2, 0) is 0 Å². The SMILES string of the molecule is N#Cc1ccc(Br)cc1-n1ncc2ccccc21. The van der Waals surface area contributed by atoms with Crippen LogP contribution in [0, 0.1) is 11.3 Å². The number of rotatable bonds is 1. The fourth-order valence-corrected chi connectivity index (χ4v) is 2.29. The maximum atomic E-state index is 9.17. The van der Waals surface area contributed by atoms with E-state index >= 15 is 0 Å². The molecule has 3 rings (SSSR count). The molecule has 3 nitrogen and oxygen atoms in total. The highest BCUT2D eigenvalue weighted by atomic mass is 79.9. The summed E-state index contributed by atoms with van der Waals surface area (Å²) in [4.78, 5) is 0. The minimum absolute atomic E-state index is 0.604. The number of hydrogen-bond acceptors (Lipinski definition) is 2. The number of benzene rings is 2. The molecule has 0 amide bonds. The van der Waals surface area contributed by atoms with Gasteiger partial charge < -0.3 is 0 Å². The van der Waals surface area contributed by atoms with Crippen molar-refractivity contribution in [2.45, 2.75) is 0 Å². The van der Waals surface area contributed by atoms with Gasteiger partial charge in [0.15, 0.2) is 0 Å². The van der Waals surface area contributed by atoms with Crippen LogP contribution >= 0.6 is 15.9 Å². The Morgan fingerprint density at radius 1 is 1.17 bits per heavy atom. The fourth-order valence-electron chi connectivity index (χ4n) is 1.94. The lowest BCUT2D eigenvalue weighted by atomic mass is 10.2. The summed E-state index contributed by atoms with van der Waals surface area (Å²) in [7, 11) is 0. The third-order valence-electron chi connectivity index (χ3n) is 2.79. The van der Waals surface area contributed by atoms with Crippen molar-refractivity contribution in [1.29, 1.82) is 5.26 Å². The molecule has 3 aromatic rings. The first kappa shape index (κ1) is 11.0. The molecule has 0 spiro atoms. The van der Waals surface area contributed by atoms with Crippen LogP contribution in [0.15, 0.2) is 53.1 Å². The molecular weight excluding hydrogens is 290 g/mol. The van der Waals surface area contributed by atoms with Crippen molar-refractivity contribution in [3.05, 3.63) is 58.7 Å². The summed E-state index contributed by atoms with van der Waals surface area (Å²) in [6.45, 7) is 0. The molecule has 4 heteroatoms. The molecule has 0 aliphatic rings. The van der Waals surface area contributed by atoms with Crippen molar-refractivity contribution in [2.75, 3.05) is 0 Å². The zero-order chi connectivity index (χ0) is 12.5. The molecule has 0 N–H and O–H groups in total. The topological polar surface area (TPSA) is 41.6 Å². The van der Waals surface area contributed by atoms with Crippen LogP contribution < -0.4 is 0 Å². The van der Waals surface area contributed by atoms with Gasteiger partial charge in [0.05, 0.1) is 23.0 Å². The Hall–Kier alpha value is -2.12. The number of fused-ring (bicyclic) bond motifs is 1. The van der Waals surface area contributed by atoms with Gasteiger partial charge in [-0.25, -0.2) is 4.68 Å². The van der Waals surface area contributed by atoms with Crippen LogP contribution in [0.1, 0.15) is 5.56 Å². The van der Waals surface area contributed by atoms with Gasteiger partial charge in [-0.1, -0.05) is 34.1 Å². The Bertz CT molecular complexity index is 768. The van der Waals surface area contributed by atoms with Gasteiger partial charge in [0, 0.05) is 9.86 Å². The van der Waals surface area contributed by atoms with E-state index in [1.165, 1.54) is 0 Å². The third-order valence-corrected chi connectivity index (χ3v) is 3.28. The molecular formula is C14H8BrN3. The van der Waals surface area contributed by atoms with Crippen molar-refractivity contribution in [1.82, 2.24) is 9.78 Å². The third kappa shape index (κ3) is 1.69. The summed E-state index contributed by atoms with van der Waals surface area (Å²) in [6.07, 6.45) is 1.80. The van der Waals surface area contributed by atoms with Crippen LogP contribution in [0.3, 0.4) is 0 Å². The molecule has 0 aliphatic heterocycles. The molecule has 1 heterocycles. The van der Waals surface area contributed by atoms with Gasteiger partial charge in [0.1, 0.15) is 6.07 Å². The van der Waals surface area contributed by atoms with Gasteiger partial charge in [-0.15, -0.1) is 0 Å². The van der Waals surface area contributed by atoms with E-state index in [-0.39, 0.29) is 0 Å². The Morgan fingerprint density at radius 3 is 2.83 bits per heavy atom. The van der Waals surface area contributed by atoms with E-state index in [0.717, 1.165) is 21.1 Å². The van der Waals surface area contributed by atoms with E-state index in [1.807, 2.05) is 36.4 Å². The maximum Gasteiger partial charge on any atom is 0.101 e. The molecule has 0 radical (unpaired) electrons. The number of nitrogens with zero attached hydrogens (tertiary/aromatic N) is 3. The average molecular weight is 298 g/mol. The van der Waals surface area contributed by atoms with Crippen molar-refractivity contribution < 1.29 is 0 Å². The predicted molar refractivity (Wildman–Crippen MR) is 73.5 cm³/mol. The van der Waals surface area contributed by atoms with Crippen molar-refractivity contribution in [2.24, 2.45) is 0 Å². The average Bonchev–Trinajstić information content (AvgIpc) is 2.82. The van der Waals surface area contributed by atoms with Crippen LogP contribution in [0.2, 0.25) is 0 Å². The molecule has 86 valence electrons. The van der Waals surface area contributed by atoms with E-state index in [1.54, 1.807) is 16.9 Å². The number of nitriles is 1. The molecule has 0 aliphatic carbocycles. The monoisotopic (exact) mass is 297 g/mol. The Morgan fingerprint density at radius 2 is 2.00 bits per heavy atom. The minimum atomic E-state index is 0.604. The second-order valence-electron chi connectivity index (χ2n) is 3.89. The zero-order valence-electron chi connectivity index (χ0n) is 9.34. The van der Waals surface area contributed by atoms with Gasteiger partial charge in [0.25, 0.3) is 0 Å². The number of halogens is 1. The molecule has 0 bridgehead atoms. The standard InChI is InChI=1S/C14H8BrN3/c15-12-6-5-10(8-16)14(7-12)18-13-4-2-1-3-11(13)9-17-18/h1-7,9H. The lowest BCUT2D eigenvalue weighted by Gasteiger charge is -2.06. The van der Waals surface area contributed by atoms with E-state index in [9.17, 15) is 5.26 Å². The maximum absolute atomic E-state index is 9.17. The van der Waals surface area contributed by atoms with E-state index in [0.29, 0.717) is 5.56 Å². The fraction of sp³-hybridized carbons (Fsp3) is 0. The molecule has 0 saturated heterocycles. The van der Waals surface area contributed by atoms with Crippen molar-refractivity contribution in [3.8, 4) is 11.8 Å². The van der Waals surface area contributed by atoms with Gasteiger partial charge in [-0.2, -0.15) is 10.4 Å². The summed E-state index contributed by atoms with van der Waals surface area (Å²) in [6, 6.07) is 15.7. The van der Waals surface area contributed by atoms with Crippen LogP contribution in [0.5, 0.6) is 0 Å². The lowest BCUT2D eigenvalue weighted by Crippen LogP contribution is -1.99. The summed E-state index contributed by atoms with van der Waals surface area (Å²) < 4.78 is 2.72. The lowest BCUT2D eigenvalue weighted by molar-refractivity contribution is 0.906. The summed E-state index contributed by atoms with van der Waals surface area (Å²) >= 11 is 3.42. The second-order valence-corrected chi connectivity index (χ2v) is 4.80. The summed E-state index contributed by atoms with van der Waals surface area (Å²) in [5, 5.41) is 14.6. The quantitative estimate of drug-likeness (QED) is 0.688. The van der Waals surface area contributed by atoms with Crippen molar-refractivity contribution in [3.63, 3.8) is 0 Å². The molecule has 0 fully saturated rings.